The van der Waals surface area contributed by atoms with Crippen LogP contribution in [0.25, 0.3) is 20.8 Å². The van der Waals surface area contributed by atoms with Crippen LogP contribution in [-0.2, 0) is 0 Å². The number of halogens is 2. The number of rotatable bonds is 3. The van der Waals surface area contributed by atoms with Gasteiger partial charge in [0.2, 0.25) is 0 Å². The molecule has 3 N–H and O–H groups in total. The predicted octanol–water partition coefficient (Wildman–Crippen LogP) is 5.09. The van der Waals surface area contributed by atoms with Crippen molar-refractivity contribution >= 4 is 62.1 Å². The Labute approximate surface area is 163 Å². The largest absolute Gasteiger partial charge is 0.399 e. The van der Waals surface area contributed by atoms with E-state index in [0.717, 1.165) is 15.9 Å². The van der Waals surface area contributed by atoms with Gasteiger partial charge in [0.15, 0.2) is 5.82 Å². The number of aryl methyl sites for hydroxylation is 1. The zero-order valence-corrected chi connectivity index (χ0v) is 15.8. The van der Waals surface area contributed by atoms with Gasteiger partial charge in [0.05, 0.1) is 20.3 Å². The van der Waals surface area contributed by atoms with E-state index in [1.165, 1.54) is 17.7 Å². The van der Waals surface area contributed by atoms with E-state index in [4.69, 9.17) is 28.9 Å². The molecule has 0 saturated carbocycles. The Morgan fingerprint density at radius 1 is 1.08 bits per heavy atom. The summed E-state index contributed by atoms with van der Waals surface area (Å²) < 4.78 is 0.878. The van der Waals surface area contributed by atoms with E-state index in [1.807, 2.05) is 19.1 Å². The van der Waals surface area contributed by atoms with Crippen LogP contribution in [-0.4, -0.2) is 19.9 Å². The maximum Gasteiger partial charge on any atom is 0.151 e. The molecule has 9 heteroatoms. The minimum absolute atomic E-state index is 0.461. The molecule has 1 aromatic carbocycles. The highest BCUT2D eigenvalue weighted by Gasteiger charge is 2.17. The number of benzene rings is 1. The van der Waals surface area contributed by atoms with Gasteiger partial charge in [-0.15, -0.1) is 11.3 Å². The van der Waals surface area contributed by atoms with Gasteiger partial charge in [-0.25, -0.2) is 19.9 Å². The first-order valence-corrected chi connectivity index (χ1v) is 9.14. The van der Waals surface area contributed by atoms with Crippen LogP contribution in [0.15, 0.2) is 36.8 Å². The maximum atomic E-state index is 6.34. The van der Waals surface area contributed by atoms with Gasteiger partial charge < -0.3 is 11.1 Å². The zero-order chi connectivity index (χ0) is 18.3. The quantitative estimate of drug-likeness (QED) is 0.463. The molecule has 0 fully saturated rings. The monoisotopic (exact) mass is 402 g/mol. The fourth-order valence-corrected chi connectivity index (χ4v) is 4.37. The minimum atomic E-state index is 0.461. The summed E-state index contributed by atoms with van der Waals surface area (Å²) in [6.07, 6.45) is 3.19. The van der Waals surface area contributed by atoms with Crippen LogP contribution >= 0.6 is 34.5 Å². The number of thiazole rings is 1. The second-order valence-electron chi connectivity index (χ2n) is 5.56. The number of nitrogens with one attached hydrogen (secondary N) is 1. The topological polar surface area (TPSA) is 89.6 Å². The second kappa shape index (κ2) is 6.68. The van der Waals surface area contributed by atoms with Crippen molar-refractivity contribution in [1.29, 1.82) is 0 Å². The normalized spacial score (nSPS) is 11.0. The van der Waals surface area contributed by atoms with Crippen molar-refractivity contribution in [3.8, 4) is 10.6 Å². The fourth-order valence-electron chi connectivity index (χ4n) is 2.49. The number of hydrogen-bond acceptors (Lipinski definition) is 7. The molecule has 0 bridgehead atoms. The Bertz CT molecular complexity index is 1100. The highest BCUT2D eigenvalue weighted by atomic mass is 35.5. The summed E-state index contributed by atoms with van der Waals surface area (Å²) in [7, 11) is 0. The maximum absolute atomic E-state index is 6.34. The molecular formula is C17H12Cl2N6S. The molecule has 0 amide bonds. The van der Waals surface area contributed by atoms with E-state index in [2.05, 4.69) is 25.3 Å². The van der Waals surface area contributed by atoms with Gasteiger partial charge in [0.1, 0.15) is 17.2 Å². The zero-order valence-electron chi connectivity index (χ0n) is 13.5. The SMILES string of the molecule is Cc1cc(Nc2nccc3nc(-c4c(Cl)cc(N)cc4Cl)sc23)ncn1. The van der Waals surface area contributed by atoms with Gasteiger partial charge in [-0.05, 0) is 25.1 Å². The lowest BCUT2D eigenvalue weighted by atomic mass is 10.2. The van der Waals surface area contributed by atoms with Gasteiger partial charge in [0.25, 0.3) is 0 Å². The average Bonchev–Trinajstić information content (AvgIpc) is 2.98. The molecule has 4 aromatic rings. The fraction of sp³-hybridized carbons (Fsp3) is 0.0588. The van der Waals surface area contributed by atoms with E-state index in [1.54, 1.807) is 18.3 Å². The molecule has 0 aliphatic heterocycles. The second-order valence-corrected chi connectivity index (χ2v) is 7.37. The third-order valence-electron chi connectivity index (χ3n) is 3.63. The van der Waals surface area contributed by atoms with Gasteiger partial charge >= 0.3 is 0 Å². The molecule has 0 spiro atoms. The number of aromatic nitrogens is 4. The van der Waals surface area contributed by atoms with Crippen LogP contribution < -0.4 is 11.1 Å². The molecule has 0 saturated heterocycles. The molecule has 0 radical (unpaired) electrons. The average molecular weight is 403 g/mol. The molecule has 3 aromatic heterocycles. The Balaban J connectivity index is 1.81. The summed E-state index contributed by atoms with van der Waals surface area (Å²) in [5.41, 5.74) is 8.60. The van der Waals surface area contributed by atoms with Crippen molar-refractivity contribution in [2.75, 3.05) is 11.1 Å². The van der Waals surface area contributed by atoms with E-state index in [-0.39, 0.29) is 0 Å². The predicted molar refractivity (Wildman–Crippen MR) is 107 cm³/mol. The van der Waals surface area contributed by atoms with Crippen molar-refractivity contribution in [1.82, 2.24) is 19.9 Å². The summed E-state index contributed by atoms with van der Waals surface area (Å²) in [6.45, 7) is 1.90. The Morgan fingerprint density at radius 3 is 2.58 bits per heavy atom. The Morgan fingerprint density at radius 2 is 1.85 bits per heavy atom. The number of anilines is 3. The van der Waals surface area contributed by atoms with E-state index in [9.17, 15) is 0 Å². The van der Waals surface area contributed by atoms with E-state index >= 15 is 0 Å². The number of fused-ring (bicyclic) bond motifs is 1. The smallest absolute Gasteiger partial charge is 0.151 e. The summed E-state index contributed by atoms with van der Waals surface area (Å²) in [6, 6.07) is 7.01. The number of pyridine rings is 1. The van der Waals surface area contributed by atoms with Crippen LogP contribution in [0.3, 0.4) is 0 Å². The van der Waals surface area contributed by atoms with Gasteiger partial charge in [-0.3, -0.25) is 0 Å². The molecule has 6 nitrogen and oxygen atoms in total. The van der Waals surface area contributed by atoms with Crippen LogP contribution in [0.2, 0.25) is 10.0 Å². The summed E-state index contributed by atoms with van der Waals surface area (Å²) in [5.74, 6) is 1.32. The first-order chi connectivity index (χ1) is 12.5. The summed E-state index contributed by atoms with van der Waals surface area (Å²) in [4.78, 5) is 17.4. The van der Waals surface area contributed by atoms with Gasteiger partial charge in [0, 0.05) is 29.2 Å². The van der Waals surface area contributed by atoms with Crippen LogP contribution in [0.4, 0.5) is 17.3 Å². The molecule has 0 atom stereocenters. The first kappa shape index (κ1) is 17.0. The lowest BCUT2D eigenvalue weighted by Gasteiger charge is -2.05. The van der Waals surface area contributed by atoms with Crippen molar-refractivity contribution in [2.45, 2.75) is 6.92 Å². The van der Waals surface area contributed by atoms with E-state index < -0.39 is 0 Å². The molecule has 26 heavy (non-hydrogen) atoms. The van der Waals surface area contributed by atoms with Crippen molar-refractivity contribution in [3.63, 3.8) is 0 Å². The molecule has 130 valence electrons. The first-order valence-electron chi connectivity index (χ1n) is 7.57. The number of nitrogens with two attached hydrogens (primary N) is 1. The van der Waals surface area contributed by atoms with Gasteiger partial charge in [-0.2, -0.15) is 0 Å². The number of nitrogen functional groups attached to an aromatic ring is 1. The van der Waals surface area contributed by atoms with Gasteiger partial charge in [-0.1, -0.05) is 23.2 Å². The Hall–Kier alpha value is -2.48. The highest BCUT2D eigenvalue weighted by molar-refractivity contribution is 7.22. The van der Waals surface area contributed by atoms with Crippen LogP contribution in [0, 0.1) is 6.92 Å². The molecule has 4 rings (SSSR count). The van der Waals surface area contributed by atoms with Crippen molar-refractivity contribution in [2.24, 2.45) is 0 Å². The number of nitrogens with zero attached hydrogens (tertiary/aromatic N) is 4. The summed E-state index contributed by atoms with van der Waals surface area (Å²) in [5, 5.41) is 4.83. The van der Waals surface area contributed by atoms with E-state index in [0.29, 0.717) is 37.9 Å². The lowest BCUT2D eigenvalue weighted by molar-refractivity contribution is 1.10. The minimum Gasteiger partial charge on any atom is -0.399 e. The van der Waals surface area contributed by atoms with Crippen LogP contribution in [0.1, 0.15) is 5.69 Å². The summed E-state index contributed by atoms with van der Waals surface area (Å²) >= 11 is 14.1. The molecule has 3 heterocycles. The third kappa shape index (κ3) is 3.16. The lowest BCUT2D eigenvalue weighted by Crippen LogP contribution is -1.97. The molecule has 0 aliphatic carbocycles. The van der Waals surface area contributed by atoms with Crippen molar-refractivity contribution in [3.05, 3.63) is 52.5 Å². The van der Waals surface area contributed by atoms with Crippen LogP contribution in [0.5, 0.6) is 0 Å². The van der Waals surface area contributed by atoms with Crippen molar-refractivity contribution < 1.29 is 0 Å². The standard InChI is InChI=1S/C17H12Cl2N6S/c1-8-4-13(23-7-22-8)25-16-15-12(2-3-21-16)24-17(26-15)14-10(18)5-9(20)6-11(14)19/h2-7H,20H2,1H3,(H,21,22,23,25). The molecular weight excluding hydrogens is 391 g/mol. The molecule has 0 aliphatic rings. The Kier molecular flexibility index (Phi) is 4.36. The highest BCUT2D eigenvalue weighted by Crippen LogP contribution is 2.41. The third-order valence-corrected chi connectivity index (χ3v) is 5.32. The molecule has 0 unspecified atom stereocenters. The number of hydrogen-bond donors (Lipinski definition) is 2.